The summed E-state index contributed by atoms with van der Waals surface area (Å²) < 4.78 is 26.5. The Morgan fingerprint density at radius 1 is 0.674 bits per heavy atom. The highest BCUT2D eigenvalue weighted by molar-refractivity contribution is 5.91. The van der Waals surface area contributed by atoms with Crippen LogP contribution in [0.3, 0.4) is 0 Å². The molecule has 0 bridgehead atoms. The number of aryl methyl sites for hydroxylation is 1. The van der Waals surface area contributed by atoms with Gasteiger partial charge in [-0.05, 0) is 66.1 Å². The summed E-state index contributed by atoms with van der Waals surface area (Å²) in [4.78, 5) is 47.8. The predicted molar refractivity (Wildman–Crippen MR) is 159 cm³/mol. The first kappa shape index (κ1) is 32.3. The highest BCUT2D eigenvalue weighted by atomic mass is 16.6. The summed E-state index contributed by atoms with van der Waals surface area (Å²) in [6.07, 6.45) is 3.64. The molecule has 43 heavy (non-hydrogen) atoms. The first-order valence-corrected chi connectivity index (χ1v) is 13.7. The number of ether oxygens (including phenoxy) is 5. The average molecular weight is 587 g/mol. The number of carbonyl (C=O) groups excluding carboxylic acids is 4. The van der Waals surface area contributed by atoms with E-state index in [1.807, 2.05) is 12.1 Å². The van der Waals surface area contributed by atoms with E-state index in [1.165, 1.54) is 17.7 Å². The molecule has 0 radical (unpaired) electrons. The van der Waals surface area contributed by atoms with Crippen LogP contribution in [-0.4, -0.2) is 49.8 Å². The topological polar surface area (TPSA) is 114 Å². The monoisotopic (exact) mass is 586 g/mol. The van der Waals surface area contributed by atoms with E-state index < -0.39 is 24.0 Å². The zero-order chi connectivity index (χ0) is 31.0. The minimum absolute atomic E-state index is 0.106. The maximum absolute atomic E-state index is 12.6. The molecule has 0 saturated heterocycles. The molecule has 0 aliphatic heterocycles. The third-order valence-electron chi connectivity index (χ3n) is 6.04. The molecule has 0 amide bonds. The molecule has 9 heteroatoms. The molecule has 3 rings (SSSR count). The summed E-state index contributed by atoms with van der Waals surface area (Å²) in [5, 5.41) is 0. The molecule has 1 atom stereocenters. The quantitative estimate of drug-likeness (QED) is 0.0934. The Labute approximate surface area is 250 Å². The second kappa shape index (κ2) is 16.9. The van der Waals surface area contributed by atoms with Gasteiger partial charge in [0.15, 0.2) is 6.10 Å². The second-order valence-electron chi connectivity index (χ2n) is 9.30. The molecule has 0 fully saturated rings. The van der Waals surface area contributed by atoms with Crippen LogP contribution in [0, 0.1) is 0 Å². The number of hydrogen-bond donors (Lipinski definition) is 0. The highest BCUT2D eigenvalue weighted by Gasteiger charge is 2.17. The van der Waals surface area contributed by atoms with E-state index in [1.54, 1.807) is 48.5 Å². The third kappa shape index (κ3) is 11.0. The van der Waals surface area contributed by atoms with Crippen LogP contribution in [0.15, 0.2) is 98.1 Å². The number of carbonyl (C=O) groups is 4. The van der Waals surface area contributed by atoms with Crippen molar-refractivity contribution in [2.75, 3.05) is 19.8 Å². The zero-order valence-corrected chi connectivity index (χ0v) is 24.0. The summed E-state index contributed by atoms with van der Waals surface area (Å²) in [7, 11) is 0. The van der Waals surface area contributed by atoms with Gasteiger partial charge in [0.05, 0.1) is 17.7 Å². The smallest absolute Gasteiger partial charge is 0.343 e. The minimum atomic E-state index is -0.878. The van der Waals surface area contributed by atoms with Crippen molar-refractivity contribution < 1.29 is 42.9 Å². The van der Waals surface area contributed by atoms with Crippen molar-refractivity contribution >= 4 is 23.9 Å². The lowest BCUT2D eigenvalue weighted by molar-refractivity contribution is -0.154. The van der Waals surface area contributed by atoms with Crippen molar-refractivity contribution in [3.05, 3.63) is 120 Å². The summed E-state index contributed by atoms with van der Waals surface area (Å²) in [6.45, 7) is 8.64. The molecule has 3 aromatic rings. The Morgan fingerprint density at radius 2 is 1.23 bits per heavy atom. The maximum Gasteiger partial charge on any atom is 0.343 e. The second-order valence-corrected chi connectivity index (χ2v) is 9.30. The molecular weight excluding hydrogens is 552 g/mol. The Balaban J connectivity index is 1.45. The molecule has 0 N–H and O–H groups in total. The SMILES string of the molecule is C=CC(=O)OCC(COc1ccc(C(=O)Oc2ccc(CCOC(=O)c3ccc(CCC)cc3)cc2)cc1)OC(=O)C=C. The van der Waals surface area contributed by atoms with Crippen molar-refractivity contribution in [3.8, 4) is 11.5 Å². The van der Waals surface area contributed by atoms with Crippen molar-refractivity contribution in [1.29, 1.82) is 0 Å². The van der Waals surface area contributed by atoms with Crippen LogP contribution in [0.5, 0.6) is 11.5 Å². The van der Waals surface area contributed by atoms with Gasteiger partial charge in [-0.3, -0.25) is 0 Å². The Kier molecular flexibility index (Phi) is 12.7. The lowest BCUT2D eigenvalue weighted by Crippen LogP contribution is -2.30. The van der Waals surface area contributed by atoms with Crippen molar-refractivity contribution in [2.24, 2.45) is 0 Å². The van der Waals surface area contributed by atoms with E-state index >= 15 is 0 Å². The first-order chi connectivity index (χ1) is 20.8. The lowest BCUT2D eigenvalue weighted by atomic mass is 10.1. The molecular formula is C34H34O9. The van der Waals surface area contributed by atoms with E-state index in [9.17, 15) is 19.2 Å². The standard InChI is InChI=1S/C34H34O9/c1-4-7-24-8-12-26(13-9-24)33(37)39-21-20-25-10-16-29(17-11-25)43-34(38)27-14-18-28(19-15-27)40-22-30(42-32(36)6-3)23-41-31(35)5-2/h5-6,8-19,30H,2-4,7,20-23H2,1H3. The largest absolute Gasteiger partial charge is 0.490 e. The molecule has 1 unspecified atom stereocenters. The lowest BCUT2D eigenvalue weighted by Gasteiger charge is -2.17. The molecule has 0 saturated carbocycles. The summed E-state index contributed by atoms with van der Waals surface area (Å²) in [5.41, 5.74) is 2.92. The molecule has 0 spiro atoms. The van der Waals surface area contributed by atoms with Crippen LogP contribution in [-0.2, 0) is 36.6 Å². The van der Waals surface area contributed by atoms with Gasteiger partial charge in [-0.1, -0.05) is 50.8 Å². The summed E-state index contributed by atoms with van der Waals surface area (Å²) in [5.74, 6) is -1.53. The van der Waals surface area contributed by atoms with Crippen LogP contribution in [0.25, 0.3) is 0 Å². The molecule has 224 valence electrons. The fraction of sp³-hybridized carbons (Fsp3) is 0.235. The van der Waals surface area contributed by atoms with Crippen molar-refractivity contribution in [3.63, 3.8) is 0 Å². The molecule has 9 nitrogen and oxygen atoms in total. The number of hydrogen-bond acceptors (Lipinski definition) is 9. The number of rotatable bonds is 16. The number of benzene rings is 3. The van der Waals surface area contributed by atoms with Crippen LogP contribution in [0.4, 0.5) is 0 Å². The Hall–Kier alpha value is -5.18. The van der Waals surface area contributed by atoms with E-state index in [0.29, 0.717) is 29.0 Å². The van der Waals surface area contributed by atoms with Crippen LogP contribution < -0.4 is 9.47 Å². The van der Waals surface area contributed by atoms with Gasteiger partial charge >= 0.3 is 23.9 Å². The highest BCUT2D eigenvalue weighted by Crippen LogP contribution is 2.18. The zero-order valence-electron chi connectivity index (χ0n) is 24.0. The van der Waals surface area contributed by atoms with Gasteiger partial charge in [0.1, 0.15) is 24.7 Å². The minimum Gasteiger partial charge on any atom is -0.490 e. The summed E-state index contributed by atoms with van der Waals surface area (Å²) >= 11 is 0. The fourth-order valence-electron chi connectivity index (χ4n) is 3.77. The van der Waals surface area contributed by atoms with Gasteiger partial charge in [-0.25, -0.2) is 19.2 Å². The molecule has 0 heterocycles. The van der Waals surface area contributed by atoms with Crippen LogP contribution >= 0.6 is 0 Å². The molecule has 0 aliphatic carbocycles. The van der Waals surface area contributed by atoms with Crippen LogP contribution in [0.1, 0.15) is 45.2 Å². The van der Waals surface area contributed by atoms with Gasteiger partial charge in [-0.2, -0.15) is 0 Å². The van der Waals surface area contributed by atoms with Crippen LogP contribution in [0.2, 0.25) is 0 Å². The van der Waals surface area contributed by atoms with E-state index in [-0.39, 0.29) is 25.8 Å². The van der Waals surface area contributed by atoms with Gasteiger partial charge in [0.2, 0.25) is 0 Å². The maximum atomic E-state index is 12.6. The van der Waals surface area contributed by atoms with E-state index in [0.717, 1.165) is 30.6 Å². The van der Waals surface area contributed by atoms with Gasteiger partial charge in [-0.15, -0.1) is 0 Å². The fourth-order valence-corrected chi connectivity index (χ4v) is 3.77. The molecule has 0 aliphatic rings. The number of esters is 4. The van der Waals surface area contributed by atoms with Gasteiger partial charge < -0.3 is 23.7 Å². The Morgan fingerprint density at radius 3 is 1.86 bits per heavy atom. The normalized spacial score (nSPS) is 11.0. The average Bonchev–Trinajstić information content (AvgIpc) is 3.03. The van der Waals surface area contributed by atoms with E-state index in [2.05, 4.69) is 20.1 Å². The molecule has 0 aromatic heterocycles. The van der Waals surface area contributed by atoms with Crippen molar-refractivity contribution in [1.82, 2.24) is 0 Å². The third-order valence-corrected chi connectivity index (χ3v) is 6.04. The summed E-state index contributed by atoms with van der Waals surface area (Å²) in [6, 6.07) is 20.6. The molecule has 3 aromatic carbocycles. The van der Waals surface area contributed by atoms with E-state index in [4.69, 9.17) is 23.7 Å². The van der Waals surface area contributed by atoms with Crippen molar-refractivity contribution in [2.45, 2.75) is 32.3 Å². The first-order valence-electron chi connectivity index (χ1n) is 13.7. The predicted octanol–water partition coefficient (Wildman–Crippen LogP) is 5.46. The Bertz CT molecular complexity index is 1390. The van der Waals surface area contributed by atoms with Gasteiger partial charge in [0.25, 0.3) is 0 Å². The van der Waals surface area contributed by atoms with Gasteiger partial charge in [0, 0.05) is 18.6 Å².